The Morgan fingerprint density at radius 2 is 1.92 bits per heavy atom. The van der Waals surface area contributed by atoms with E-state index in [1.165, 1.54) is 11.1 Å². The Balaban J connectivity index is 1.73. The summed E-state index contributed by atoms with van der Waals surface area (Å²) >= 11 is 12.2. The van der Waals surface area contributed by atoms with E-state index in [2.05, 4.69) is 40.7 Å². The van der Waals surface area contributed by atoms with Crippen LogP contribution in [0.15, 0.2) is 61.2 Å². The van der Waals surface area contributed by atoms with Crippen molar-refractivity contribution in [2.24, 2.45) is 0 Å². The smallest absolute Gasteiger partial charge is 0.138 e. The van der Waals surface area contributed by atoms with Crippen LogP contribution in [-0.2, 0) is 13.0 Å². The molecule has 1 heterocycles. The van der Waals surface area contributed by atoms with Crippen molar-refractivity contribution in [3.8, 4) is 5.75 Å². The lowest BCUT2D eigenvalue weighted by Gasteiger charge is -2.20. The monoisotopic (exact) mass is 374 g/mol. The first-order valence-electron chi connectivity index (χ1n) is 8.23. The fourth-order valence-electron chi connectivity index (χ4n) is 2.65. The molecule has 0 aliphatic carbocycles. The van der Waals surface area contributed by atoms with Crippen LogP contribution < -0.4 is 4.74 Å². The molecule has 0 bridgehead atoms. The molecule has 5 heteroatoms. The van der Waals surface area contributed by atoms with Gasteiger partial charge in [-0.05, 0) is 30.7 Å². The van der Waals surface area contributed by atoms with E-state index in [0.29, 0.717) is 15.8 Å². The highest BCUT2D eigenvalue weighted by atomic mass is 35.5. The first-order valence-corrected chi connectivity index (χ1v) is 8.99. The Labute approximate surface area is 158 Å². The molecule has 0 radical (unpaired) electrons. The van der Waals surface area contributed by atoms with Crippen LogP contribution in [0.25, 0.3) is 0 Å². The van der Waals surface area contributed by atoms with Crippen LogP contribution in [0.3, 0.4) is 0 Å². The van der Waals surface area contributed by atoms with Crippen molar-refractivity contribution in [3.63, 3.8) is 0 Å². The molecule has 25 heavy (non-hydrogen) atoms. The first kappa shape index (κ1) is 17.8. The topological polar surface area (TPSA) is 27.1 Å². The SMILES string of the molecule is Cc1ccc(CC(CCn2ccnc2)Oc2ccc(Cl)cc2Cl)cc1. The van der Waals surface area contributed by atoms with Gasteiger partial charge in [0.05, 0.1) is 11.3 Å². The van der Waals surface area contributed by atoms with Crippen molar-refractivity contribution >= 4 is 23.2 Å². The lowest BCUT2D eigenvalue weighted by molar-refractivity contribution is 0.185. The van der Waals surface area contributed by atoms with Gasteiger partial charge in [0, 0.05) is 36.8 Å². The van der Waals surface area contributed by atoms with Crippen LogP contribution in [0, 0.1) is 6.92 Å². The highest BCUT2D eigenvalue weighted by Gasteiger charge is 2.14. The zero-order valence-corrected chi connectivity index (χ0v) is 15.5. The predicted octanol–water partition coefficient (Wildman–Crippen LogP) is 5.58. The molecule has 3 aromatic rings. The number of imidazole rings is 1. The van der Waals surface area contributed by atoms with Crippen molar-refractivity contribution in [2.75, 3.05) is 0 Å². The summed E-state index contributed by atoms with van der Waals surface area (Å²) in [4.78, 5) is 4.09. The standard InChI is InChI=1S/C20H20Cl2N2O/c1-15-2-4-16(5-3-15)12-18(8-10-24-11-9-23-14-24)25-20-7-6-17(21)13-19(20)22/h2-7,9,11,13-14,18H,8,10,12H2,1H3. The Morgan fingerprint density at radius 3 is 2.60 bits per heavy atom. The largest absolute Gasteiger partial charge is 0.488 e. The van der Waals surface area contributed by atoms with Crippen LogP contribution in [0.2, 0.25) is 10.0 Å². The average Bonchev–Trinajstić information content (AvgIpc) is 3.10. The molecular weight excluding hydrogens is 355 g/mol. The van der Waals surface area contributed by atoms with Gasteiger partial charge in [-0.25, -0.2) is 4.98 Å². The molecular formula is C20H20Cl2N2O. The van der Waals surface area contributed by atoms with Gasteiger partial charge in [-0.3, -0.25) is 0 Å². The summed E-state index contributed by atoms with van der Waals surface area (Å²) in [5.41, 5.74) is 2.49. The summed E-state index contributed by atoms with van der Waals surface area (Å²) in [6, 6.07) is 13.9. The zero-order valence-electron chi connectivity index (χ0n) is 14.0. The van der Waals surface area contributed by atoms with E-state index >= 15 is 0 Å². The van der Waals surface area contributed by atoms with E-state index in [1.54, 1.807) is 18.3 Å². The van der Waals surface area contributed by atoms with Crippen LogP contribution in [0.5, 0.6) is 5.75 Å². The minimum atomic E-state index is 0.00350. The molecule has 0 saturated heterocycles. The van der Waals surface area contributed by atoms with Gasteiger partial charge in [0.1, 0.15) is 11.9 Å². The molecule has 0 amide bonds. The van der Waals surface area contributed by atoms with Gasteiger partial charge < -0.3 is 9.30 Å². The number of hydrogen-bond donors (Lipinski definition) is 0. The second kappa shape index (κ2) is 8.41. The third-order valence-corrected chi connectivity index (χ3v) is 4.57. The third kappa shape index (κ3) is 5.25. The average molecular weight is 375 g/mol. The van der Waals surface area contributed by atoms with Crippen molar-refractivity contribution < 1.29 is 4.74 Å². The second-order valence-electron chi connectivity index (χ2n) is 6.09. The number of aryl methyl sites for hydroxylation is 2. The van der Waals surface area contributed by atoms with E-state index in [9.17, 15) is 0 Å². The maximum Gasteiger partial charge on any atom is 0.138 e. The second-order valence-corrected chi connectivity index (χ2v) is 6.94. The highest BCUT2D eigenvalue weighted by molar-refractivity contribution is 6.35. The summed E-state index contributed by atoms with van der Waals surface area (Å²) in [5, 5.41) is 1.13. The Hall–Kier alpha value is -1.97. The number of rotatable bonds is 7. The quantitative estimate of drug-likeness (QED) is 0.539. The molecule has 0 saturated carbocycles. The fourth-order valence-corrected chi connectivity index (χ4v) is 3.11. The number of benzene rings is 2. The molecule has 3 rings (SSSR count). The van der Waals surface area contributed by atoms with Crippen LogP contribution in [-0.4, -0.2) is 15.7 Å². The van der Waals surface area contributed by atoms with Gasteiger partial charge in [-0.15, -0.1) is 0 Å². The normalized spacial score (nSPS) is 12.1. The van der Waals surface area contributed by atoms with Gasteiger partial charge in [0.2, 0.25) is 0 Å². The lowest BCUT2D eigenvalue weighted by Crippen LogP contribution is -2.22. The summed E-state index contributed by atoms with van der Waals surface area (Å²) < 4.78 is 8.26. The van der Waals surface area contributed by atoms with Crippen molar-refractivity contribution in [1.29, 1.82) is 0 Å². The first-order chi connectivity index (χ1) is 12.1. The van der Waals surface area contributed by atoms with E-state index in [1.807, 2.05) is 18.6 Å². The minimum absolute atomic E-state index is 0.00350. The summed E-state index contributed by atoms with van der Waals surface area (Å²) in [6.45, 7) is 2.92. The maximum absolute atomic E-state index is 6.27. The van der Waals surface area contributed by atoms with Gasteiger partial charge >= 0.3 is 0 Å². The number of hydrogen-bond acceptors (Lipinski definition) is 2. The molecule has 0 N–H and O–H groups in total. The Morgan fingerprint density at radius 1 is 1.12 bits per heavy atom. The molecule has 130 valence electrons. The zero-order chi connectivity index (χ0) is 17.6. The molecule has 1 unspecified atom stereocenters. The minimum Gasteiger partial charge on any atom is -0.488 e. The van der Waals surface area contributed by atoms with E-state index < -0.39 is 0 Å². The van der Waals surface area contributed by atoms with Crippen molar-refractivity contribution in [2.45, 2.75) is 32.4 Å². The highest BCUT2D eigenvalue weighted by Crippen LogP contribution is 2.29. The summed E-state index contributed by atoms with van der Waals surface area (Å²) in [6.07, 6.45) is 7.23. The molecule has 1 atom stereocenters. The summed E-state index contributed by atoms with van der Waals surface area (Å²) in [7, 11) is 0. The Bertz CT molecular complexity index is 801. The van der Waals surface area contributed by atoms with Gasteiger partial charge in [-0.2, -0.15) is 0 Å². The fraction of sp³-hybridized carbons (Fsp3) is 0.250. The molecule has 1 aromatic heterocycles. The van der Waals surface area contributed by atoms with Crippen LogP contribution in [0.4, 0.5) is 0 Å². The molecule has 0 fully saturated rings. The molecule has 2 aromatic carbocycles. The summed E-state index contributed by atoms with van der Waals surface area (Å²) in [5.74, 6) is 0.661. The van der Waals surface area contributed by atoms with Gasteiger partial charge in [0.15, 0.2) is 0 Å². The van der Waals surface area contributed by atoms with E-state index in [-0.39, 0.29) is 6.10 Å². The number of nitrogens with zero attached hydrogens (tertiary/aromatic N) is 2. The van der Waals surface area contributed by atoms with Crippen LogP contribution >= 0.6 is 23.2 Å². The van der Waals surface area contributed by atoms with E-state index in [0.717, 1.165) is 19.4 Å². The molecule has 0 spiro atoms. The maximum atomic E-state index is 6.27. The van der Waals surface area contributed by atoms with Crippen molar-refractivity contribution in [3.05, 3.63) is 82.4 Å². The number of aromatic nitrogens is 2. The number of halogens is 2. The van der Waals surface area contributed by atoms with Crippen molar-refractivity contribution in [1.82, 2.24) is 9.55 Å². The van der Waals surface area contributed by atoms with Crippen LogP contribution in [0.1, 0.15) is 17.5 Å². The van der Waals surface area contributed by atoms with Gasteiger partial charge in [0.25, 0.3) is 0 Å². The van der Waals surface area contributed by atoms with Gasteiger partial charge in [-0.1, -0.05) is 53.0 Å². The molecule has 3 nitrogen and oxygen atoms in total. The molecule has 0 aliphatic heterocycles. The third-order valence-electron chi connectivity index (χ3n) is 4.04. The lowest BCUT2D eigenvalue weighted by atomic mass is 10.0. The predicted molar refractivity (Wildman–Crippen MR) is 103 cm³/mol. The van der Waals surface area contributed by atoms with E-state index in [4.69, 9.17) is 27.9 Å². The molecule has 0 aliphatic rings. The number of ether oxygens (including phenoxy) is 1. The Kier molecular flexibility index (Phi) is 6.00.